The van der Waals surface area contributed by atoms with Gasteiger partial charge in [0.15, 0.2) is 11.6 Å². The normalized spacial score (nSPS) is 49.5. The molecule has 3 aliphatic rings. The van der Waals surface area contributed by atoms with Gasteiger partial charge < -0.3 is 28.8 Å². The molecular weight excluding hydrogens is 240 g/mol. The molecule has 6 heteroatoms. The van der Waals surface area contributed by atoms with Gasteiger partial charge in [-0.2, -0.15) is 0 Å². The van der Waals surface area contributed by atoms with Crippen LogP contribution in [0.5, 0.6) is 0 Å². The average molecular weight is 260 g/mol. The summed E-state index contributed by atoms with van der Waals surface area (Å²) < 4.78 is 28.3. The van der Waals surface area contributed by atoms with Crippen LogP contribution >= 0.6 is 0 Å². The summed E-state index contributed by atoms with van der Waals surface area (Å²) in [6.45, 7) is 7.74. The maximum absolute atomic E-state index is 10.5. The molecule has 0 aromatic heterocycles. The molecule has 1 N–H and O–H groups in total. The van der Waals surface area contributed by atoms with E-state index in [0.29, 0.717) is 6.61 Å². The average Bonchev–Trinajstić information content (AvgIpc) is 2.71. The maximum Gasteiger partial charge on any atom is 0.224 e. The molecule has 0 bridgehead atoms. The number of hydrogen-bond acceptors (Lipinski definition) is 6. The number of hydrogen-bond donors (Lipinski definition) is 1. The Bertz CT molecular complexity index is 352. The predicted octanol–water partition coefficient (Wildman–Crippen LogP) is 0.377. The Balaban J connectivity index is 1.82. The van der Waals surface area contributed by atoms with Gasteiger partial charge in [0.1, 0.15) is 24.9 Å². The number of ether oxygens (including phenoxy) is 5. The Morgan fingerprint density at radius 3 is 2.33 bits per heavy atom. The van der Waals surface area contributed by atoms with Gasteiger partial charge in [0.05, 0.1) is 6.61 Å². The summed E-state index contributed by atoms with van der Waals surface area (Å²) in [5, 5.41) is 10.5. The number of aliphatic hydroxyl groups excluding tert-OH is 1. The second-order valence-electron chi connectivity index (χ2n) is 6.00. The molecule has 3 aliphatic heterocycles. The van der Waals surface area contributed by atoms with Crippen molar-refractivity contribution in [2.24, 2.45) is 0 Å². The summed E-state index contributed by atoms with van der Waals surface area (Å²) in [6.07, 6.45) is -1.65. The van der Waals surface area contributed by atoms with Gasteiger partial charge in [-0.25, -0.2) is 0 Å². The molecule has 1 unspecified atom stereocenters. The van der Waals surface area contributed by atoms with E-state index in [9.17, 15) is 5.11 Å². The first-order valence-electron chi connectivity index (χ1n) is 6.25. The third-order valence-electron chi connectivity index (χ3n) is 3.51. The van der Waals surface area contributed by atoms with E-state index in [1.165, 1.54) is 0 Å². The summed E-state index contributed by atoms with van der Waals surface area (Å²) in [5.74, 6) is -2.61. The smallest absolute Gasteiger partial charge is 0.224 e. The monoisotopic (exact) mass is 260 g/mol. The lowest BCUT2D eigenvalue weighted by molar-refractivity contribution is -0.326. The van der Waals surface area contributed by atoms with Gasteiger partial charge in [-0.05, 0) is 27.7 Å². The first-order chi connectivity index (χ1) is 8.23. The van der Waals surface area contributed by atoms with Crippen molar-refractivity contribution in [3.05, 3.63) is 0 Å². The van der Waals surface area contributed by atoms with Crippen LogP contribution in [-0.4, -0.2) is 54.0 Å². The zero-order valence-electron chi connectivity index (χ0n) is 11.1. The van der Waals surface area contributed by atoms with Crippen LogP contribution in [0.1, 0.15) is 27.7 Å². The molecule has 0 aliphatic carbocycles. The van der Waals surface area contributed by atoms with Crippen LogP contribution in [-0.2, 0) is 23.7 Å². The molecule has 3 saturated heterocycles. The van der Waals surface area contributed by atoms with Gasteiger partial charge in [0.2, 0.25) is 5.79 Å². The van der Waals surface area contributed by atoms with Crippen LogP contribution in [0.3, 0.4) is 0 Å². The number of fused-ring (bicyclic) bond motifs is 1. The molecule has 4 atom stereocenters. The second kappa shape index (κ2) is 3.65. The summed E-state index contributed by atoms with van der Waals surface area (Å²) in [4.78, 5) is 0. The minimum atomic E-state index is -1.14. The lowest BCUT2D eigenvalue weighted by atomic mass is 9.97. The van der Waals surface area contributed by atoms with Crippen molar-refractivity contribution in [2.45, 2.75) is 63.4 Å². The Labute approximate surface area is 106 Å². The second-order valence-corrected chi connectivity index (χ2v) is 6.00. The van der Waals surface area contributed by atoms with Gasteiger partial charge >= 0.3 is 0 Å². The van der Waals surface area contributed by atoms with Crippen LogP contribution in [0.15, 0.2) is 0 Å². The molecule has 0 aromatic rings. The lowest BCUT2D eigenvalue weighted by Crippen LogP contribution is -2.61. The van der Waals surface area contributed by atoms with Crippen molar-refractivity contribution < 1.29 is 28.8 Å². The third kappa shape index (κ3) is 1.88. The molecule has 3 heterocycles. The first-order valence-corrected chi connectivity index (χ1v) is 6.25. The highest BCUT2D eigenvalue weighted by atomic mass is 16.9. The highest BCUT2D eigenvalue weighted by Gasteiger charge is 2.62. The fourth-order valence-corrected chi connectivity index (χ4v) is 2.78. The van der Waals surface area contributed by atoms with Gasteiger partial charge in [-0.1, -0.05) is 0 Å². The molecule has 0 aromatic carbocycles. The van der Waals surface area contributed by atoms with Crippen molar-refractivity contribution in [3.63, 3.8) is 0 Å². The quantitative estimate of drug-likeness (QED) is 0.679. The third-order valence-corrected chi connectivity index (χ3v) is 3.51. The topological polar surface area (TPSA) is 66.4 Å². The molecule has 0 radical (unpaired) electrons. The van der Waals surface area contributed by atoms with E-state index in [1.807, 2.05) is 13.8 Å². The van der Waals surface area contributed by atoms with Gasteiger partial charge in [0, 0.05) is 0 Å². The molecule has 3 rings (SSSR count). The van der Waals surface area contributed by atoms with E-state index < -0.39 is 29.6 Å². The van der Waals surface area contributed by atoms with Crippen LogP contribution in [0.4, 0.5) is 0 Å². The number of aliphatic hydroxyl groups is 1. The predicted molar refractivity (Wildman–Crippen MR) is 59.6 cm³/mol. The molecule has 0 amide bonds. The van der Waals surface area contributed by atoms with Crippen molar-refractivity contribution in [3.8, 4) is 0 Å². The van der Waals surface area contributed by atoms with Gasteiger partial charge in [-0.15, -0.1) is 0 Å². The summed E-state index contributed by atoms with van der Waals surface area (Å²) in [7, 11) is 0. The summed E-state index contributed by atoms with van der Waals surface area (Å²) >= 11 is 0. The highest BCUT2D eigenvalue weighted by molar-refractivity contribution is 5.00. The Hall–Kier alpha value is -0.240. The largest absolute Gasteiger partial charge is 0.385 e. The summed E-state index contributed by atoms with van der Waals surface area (Å²) in [5.41, 5.74) is 0. The minimum absolute atomic E-state index is 0.189. The molecule has 0 saturated carbocycles. The molecule has 18 heavy (non-hydrogen) atoms. The Morgan fingerprint density at radius 2 is 1.72 bits per heavy atom. The SMILES string of the molecule is CC1(C)O[C@H]2[C@H](COC3(COC(C)(C)O3)[C@H]2O)O1. The van der Waals surface area contributed by atoms with Crippen molar-refractivity contribution in [1.29, 1.82) is 0 Å². The van der Waals surface area contributed by atoms with E-state index in [-0.39, 0.29) is 12.7 Å². The van der Waals surface area contributed by atoms with Crippen LogP contribution < -0.4 is 0 Å². The van der Waals surface area contributed by atoms with Crippen LogP contribution in [0, 0.1) is 0 Å². The van der Waals surface area contributed by atoms with E-state index >= 15 is 0 Å². The first kappa shape index (κ1) is 12.8. The zero-order valence-corrected chi connectivity index (χ0v) is 11.1. The molecule has 6 nitrogen and oxygen atoms in total. The van der Waals surface area contributed by atoms with E-state index in [4.69, 9.17) is 23.7 Å². The van der Waals surface area contributed by atoms with Crippen LogP contribution in [0.25, 0.3) is 0 Å². The summed E-state index contributed by atoms with van der Waals surface area (Å²) in [6, 6.07) is 0. The van der Waals surface area contributed by atoms with Crippen molar-refractivity contribution >= 4 is 0 Å². The standard InChI is InChI=1S/C12H20O6/c1-10(2)15-6-12(18-10)9(13)8-7(5-14-12)16-11(3,4)17-8/h7-9,13H,5-6H2,1-4H3/t7-,8-,9-,12?/m0/s1. The highest BCUT2D eigenvalue weighted by Crippen LogP contribution is 2.43. The van der Waals surface area contributed by atoms with Crippen molar-refractivity contribution in [1.82, 2.24) is 0 Å². The Morgan fingerprint density at radius 1 is 1.00 bits per heavy atom. The van der Waals surface area contributed by atoms with E-state index in [0.717, 1.165) is 0 Å². The van der Waals surface area contributed by atoms with Gasteiger partial charge in [-0.3, -0.25) is 0 Å². The van der Waals surface area contributed by atoms with Crippen LogP contribution in [0.2, 0.25) is 0 Å². The van der Waals surface area contributed by atoms with E-state index in [2.05, 4.69) is 0 Å². The van der Waals surface area contributed by atoms with E-state index in [1.54, 1.807) is 13.8 Å². The molecule has 104 valence electrons. The van der Waals surface area contributed by atoms with Crippen molar-refractivity contribution in [2.75, 3.05) is 13.2 Å². The van der Waals surface area contributed by atoms with Gasteiger partial charge in [0.25, 0.3) is 0 Å². The zero-order chi connectivity index (χ0) is 13.2. The minimum Gasteiger partial charge on any atom is -0.385 e. The fraction of sp³-hybridized carbons (Fsp3) is 1.00. The Kier molecular flexibility index (Phi) is 2.59. The molecule has 1 spiro atoms. The number of rotatable bonds is 0. The molecule has 3 fully saturated rings. The maximum atomic E-state index is 10.5. The molecular formula is C12H20O6. The lowest BCUT2D eigenvalue weighted by Gasteiger charge is -2.41. The fourth-order valence-electron chi connectivity index (χ4n) is 2.78.